The fourth-order valence-electron chi connectivity index (χ4n) is 3.47. The van der Waals surface area contributed by atoms with Gasteiger partial charge < -0.3 is 9.84 Å². The number of ketones is 1. The van der Waals surface area contributed by atoms with E-state index in [2.05, 4.69) is 20.8 Å². The van der Waals surface area contributed by atoms with Crippen molar-refractivity contribution in [2.75, 3.05) is 0 Å². The lowest BCUT2D eigenvalue weighted by molar-refractivity contribution is 0.103. The first-order chi connectivity index (χ1) is 15.3. The maximum atomic E-state index is 12.8. The zero-order valence-electron chi connectivity index (χ0n) is 18.5. The lowest BCUT2D eigenvalue weighted by Gasteiger charge is -2.19. The average molecular weight is 423 g/mol. The van der Waals surface area contributed by atoms with Crippen LogP contribution in [0.15, 0.2) is 97.1 Å². The summed E-state index contributed by atoms with van der Waals surface area (Å²) in [5.74, 6) is 1.62. The minimum absolute atomic E-state index is 0.00439. The van der Waals surface area contributed by atoms with Gasteiger partial charge in [0, 0.05) is 11.1 Å². The Balaban J connectivity index is 1.43. The second kappa shape index (κ2) is 8.72. The van der Waals surface area contributed by atoms with Gasteiger partial charge in [0.2, 0.25) is 0 Å². The molecule has 0 saturated heterocycles. The Kier molecular flexibility index (Phi) is 5.83. The molecule has 3 nitrogen and oxygen atoms in total. The molecule has 32 heavy (non-hydrogen) atoms. The van der Waals surface area contributed by atoms with Gasteiger partial charge in [-0.3, -0.25) is 4.79 Å². The van der Waals surface area contributed by atoms with Crippen LogP contribution in [0.5, 0.6) is 17.2 Å². The van der Waals surface area contributed by atoms with Crippen molar-refractivity contribution in [2.45, 2.75) is 26.2 Å². The standard InChI is InChI=1S/C29H26O3/c1-29(2,3)24-12-4-22(5-13-24)28(31)23-10-18-27(19-11-23)32-26-16-8-21(9-17-26)20-6-14-25(30)15-7-20/h4-19,30H,1-3H3. The molecule has 0 spiro atoms. The van der Waals surface area contributed by atoms with Crippen LogP contribution in [0.4, 0.5) is 0 Å². The highest BCUT2D eigenvalue weighted by atomic mass is 16.5. The van der Waals surface area contributed by atoms with Gasteiger partial charge in [0.25, 0.3) is 0 Å². The molecule has 4 aromatic carbocycles. The predicted octanol–water partition coefficient (Wildman–Crippen LogP) is 7.38. The third-order valence-corrected chi connectivity index (χ3v) is 5.42. The molecule has 0 aromatic heterocycles. The molecule has 0 aliphatic heterocycles. The van der Waals surface area contributed by atoms with Crippen molar-refractivity contribution in [3.63, 3.8) is 0 Å². The van der Waals surface area contributed by atoms with Gasteiger partial charge in [0.15, 0.2) is 5.78 Å². The van der Waals surface area contributed by atoms with Gasteiger partial charge in [0.1, 0.15) is 17.2 Å². The molecule has 0 amide bonds. The number of hydrogen-bond acceptors (Lipinski definition) is 3. The zero-order valence-corrected chi connectivity index (χ0v) is 18.5. The number of hydrogen-bond donors (Lipinski definition) is 1. The van der Waals surface area contributed by atoms with E-state index in [1.54, 1.807) is 24.3 Å². The van der Waals surface area contributed by atoms with Gasteiger partial charge >= 0.3 is 0 Å². The summed E-state index contributed by atoms with van der Waals surface area (Å²) in [6, 6.07) is 29.9. The van der Waals surface area contributed by atoms with Gasteiger partial charge in [-0.1, -0.05) is 69.3 Å². The van der Waals surface area contributed by atoms with Gasteiger partial charge in [-0.15, -0.1) is 0 Å². The number of aromatic hydroxyl groups is 1. The molecule has 1 N–H and O–H groups in total. The Hall–Kier alpha value is -3.85. The molecule has 4 aromatic rings. The SMILES string of the molecule is CC(C)(C)c1ccc(C(=O)c2ccc(Oc3ccc(-c4ccc(O)cc4)cc3)cc2)cc1. The summed E-state index contributed by atoms with van der Waals surface area (Å²) in [5, 5.41) is 9.43. The van der Waals surface area contributed by atoms with Crippen LogP contribution in [-0.4, -0.2) is 10.9 Å². The van der Waals surface area contributed by atoms with E-state index in [0.29, 0.717) is 22.6 Å². The first-order valence-electron chi connectivity index (χ1n) is 10.6. The molecule has 0 radical (unpaired) electrons. The van der Waals surface area contributed by atoms with Crippen molar-refractivity contribution >= 4 is 5.78 Å². The molecule has 160 valence electrons. The molecular formula is C29H26O3. The maximum absolute atomic E-state index is 12.8. The number of phenols is 1. The Labute approximate surface area is 188 Å². The van der Waals surface area contributed by atoms with Crippen LogP contribution >= 0.6 is 0 Å². The monoisotopic (exact) mass is 422 g/mol. The highest BCUT2D eigenvalue weighted by Crippen LogP contribution is 2.28. The van der Waals surface area contributed by atoms with E-state index in [-0.39, 0.29) is 16.9 Å². The number of rotatable bonds is 5. The van der Waals surface area contributed by atoms with Crippen molar-refractivity contribution in [2.24, 2.45) is 0 Å². The number of benzene rings is 4. The summed E-state index contributed by atoms with van der Waals surface area (Å²) < 4.78 is 5.93. The largest absolute Gasteiger partial charge is 0.508 e. The van der Waals surface area contributed by atoms with Gasteiger partial charge in [-0.25, -0.2) is 0 Å². The van der Waals surface area contributed by atoms with Crippen molar-refractivity contribution in [1.82, 2.24) is 0 Å². The maximum Gasteiger partial charge on any atom is 0.193 e. The molecule has 0 atom stereocenters. The fraction of sp³-hybridized carbons (Fsp3) is 0.138. The summed E-state index contributed by atoms with van der Waals surface area (Å²) in [7, 11) is 0. The third-order valence-electron chi connectivity index (χ3n) is 5.42. The molecule has 3 heteroatoms. The van der Waals surface area contributed by atoms with Crippen molar-refractivity contribution < 1.29 is 14.6 Å². The molecule has 0 fully saturated rings. The minimum Gasteiger partial charge on any atom is -0.508 e. The minimum atomic E-state index is -0.00439. The van der Waals surface area contributed by atoms with Crippen LogP contribution < -0.4 is 4.74 Å². The summed E-state index contributed by atoms with van der Waals surface area (Å²) in [6.45, 7) is 6.47. The van der Waals surface area contributed by atoms with E-state index in [9.17, 15) is 9.90 Å². The second-order valence-corrected chi connectivity index (χ2v) is 8.85. The lowest BCUT2D eigenvalue weighted by Crippen LogP contribution is -2.11. The van der Waals surface area contributed by atoms with E-state index >= 15 is 0 Å². The smallest absolute Gasteiger partial charge is 0.193 e. The van der Waals surface area contributed by atoms with E-state index < -0.39 is 0 Å². The Morgan fingerprint density at radius 2 is 1.03 bits per heavy atom. The lowest BCUT2D eigenvalue weighted by atomic mass is 9.86. The molecule has 0 unspecified atom stereocenters. The molecule has 0 aliphatic carbocycles. The number of carbonyl (C=O) groups is 1. The number of ether oxygens (including phenoxy) is 1. The van der Waals surface area contributed by atoms with Crippen LogP contribution in [0.3, 0.4) is 0 Å². The fourth-order valence-corrected chi connectivity index (χ4v) is 3.47. The molecule has 4 rings (SSSR count). The van der Waals surface area contributed by atoms with Gasteiger partial charge in [-0.2, -0.15) is 0 Å². The Morgan fingerprint density at radius 1 is 0.625 bits per heavy atom. The molecular weight excluding hydrogens is 396 g/mol. The predicted molar refractivity (Wildman–Crippen MR) is 129 cm³/mol. The quantitative estimate of drug-likeness (QED) is 0.341. The first-order valence-corrected chi connectivity index (χ1v) is 10.6. The first kappa shape index (κ1) is 21.4. The molecule has 0 saturated carbocycles. The van der Waals surface area contributed by atoms with Crippen molar-refractivity contribution in [1.29, 1.82) is 0 Å². The van der Waals surface area contributed by atoms with Crippen LogP contribution in [0.25, 0.3) is 11.1 Å². The molecule has 0 aliphatic rings. The summed E-state index contributed by atoms with van der Waals surface area (Å²) >= 11 is 0. The average Bonchev–Trinajstić information content (AvgIpc) is 2.80. The topological polar surface area (TPSA) is 46.5 Å². The summed E-state index contributed by atoms with van der Waals surface area (Å²) in [5.41, 5.74) is 4.63. The molecule has 0 heterocycles. The van der Waals surface area contributed by atoms with Crippen molar-refractivity contribution in [3.05, 3.63) is 114 Å². The second-order valence-electron chi connectivity index (χ2n) is 8.85. The van der Waals surface area contributed by atoms with E-state index in [0.717, 1.165) is 11.1 Å². The van der Waals surface area contributed by atoms with Crippen LogP contribution in [0, 0.1) is 0 Å². The van der Waals surface area contributed by atoms with E-state index in [4.69, 9.17) is 4.74 Å². The Bertz CT molecular complexity index is 1200. The normalized spacial score (nSPS) is 11.2. The number of phenolic OH excluding ortho intramolecular Hbond substituents is 1. The highest BCUT2D eigenvalue weighted by molar-refractivity contribution is 6.09. The summed E-state index contributed by atoms with van der Waals surface area (Å²) in [6.07, 6.45) is 0. The van der Waals surface area contributed by atoms with E-state index in [1.807, 2.05) is 72.8 Å². The highest BCUT2D eigenvalue weighted by Gasteiger charge is 2.15. The zero-order chi connectivity index (χ0) is 22.7. The van der Waals surface area contributed by atoms with E-state index in [1.165, 1.54) is 5.56 Å². The van der Waals surface area contributed by atoms with Crippen molar-refractivity contribution in [3.8, 4) is 28.4 Å². The third kappa shape index (κ3) is 4.89. The number of carbonyl (C=O) groups excluding carboxylic acids is 1. The van der Waals surface area contributed by atoms with Gasteiger partial charge in [-0.05, 0) is 70.6 Å². The summed E-state index contributed by atoms with van der Waals surface area (Å²) in [4.78, 5) is 12.8. The van der Waals surface area contributed by atoms with Crippen LogP contribution in [-0.2, 0) is 5.41 Å². The van der Waals surface area contributed by atoms with Gasteiger partial charge in [0.05, 0.1) is 0 Å². The van der Waals surface area contributed by atoms with Crippen LogP contribution in [0.1, 0.15) is 42.3 Å². The molecule has 0 bridgehead atoms. The van der Waals surface area contributed by atoms with Crippen LogP contribution in [0.2, 0.25) is 0 Å². The Morgan fingerprint density at radius 3 is 1.50 bits per heavy atom.